The minimum atomic E-state index is -4.33. The number of amides is 2. The Morgan fingerprint density at radius 3 is 2.27 bits per heavy atom. The molecule has 0 unspecified atom stereocenters. The van der Waals surface area contributed by atoms with Crippen molar-refractivity contribution in [3.05, 3.63) is 81.9 Å². The van der Waals surface area contributed by atoms with Crippen LogP contribution in [0.5, 0.6) is 11.5 Å². The topological polar surface area (TPSA) is 144 Å². The Kier molecular flexibility index (Phi) is 12.8. The van der Waals surface area contributed by atoms with Crippen molar-refractivity contribution in [3.8, 4) is 11.5 Å². The molecule has 0 saturated carbocycles. The second-order valence-corrected chi connectivity index (χ2v) is 12.0. The highest BCUT2D eigenvalue weighted by molar-refractivity contribution is 7.92. The number of aromatic hydroxyl groups is 1. The average Bonchev–Trinajstić information content (AvgIpc) is 2.99. The number of halogens is 1. The van der Waals surface area contributed by atoms with E-state index in [2.05, 4.69) is 10.0 Å². The van der Waals surface area contributed by atoms with Gasteiger partial charge in [0, 0.05) is 33.9 Å². The number of rotatable bonds is 16. The van der Waals surface area contributed by atoms with Crippen LogP contribution in [0.1, 0.15) is 38.3 Å². The SMILES string of the molecule is COCCN(CCOC)C(=O)c1cc(NS(=O)(=O)c2ccccc2C(=O)NCCCOc2ccc(C)cc2C)cc(Cl)c1O. The zero-order chi connectivity index (χ0) is 32.3. The molecular formula is C31H38ClN3O8S. The largest absolute Gasteiger partial charge is 0.506 e. The highest BCUT2D eigenvalue weighted by Crippen LogP contribution is 2.33. The molecule has 0 spiro atoms. The predicted molar refractivity (Wildman–Crippen MR) is 168 cm³/mol. The van der Waals surface area contributed by atoms with Crippen molar-refractivity contribution in [3.63, 3.8) is 0 Å². The normalized spacial score (nSPS) is 11.2. The Labute approximate surface area is 263 Å². The van der Waals surface area contributed by atoms with E-state index in [1.807, 2.05) is 32.0 Å². The van der Waals surface area contributed by atoms with Gasteiger partial charge in [-0.05, 0) is 56.2 Å². The van der Waals surface area contributed by atoms with E-state index < -0.39 is 27.6 Å². The lowest BCUT2D eigenvalue weighted by Gasteiger charge is -2.23. The molecule has 0 aromatic heterocycles. The summed E-state index contributed by atoms with van der Waals surface area (Å²) in [6, 6.07) is 14.0. The van der Waals surface area contributed by atoms with Crippen molar-refractivity contribution in [2.24, 2.45) is 0 Å². The van der Waals surface area contributed by atoms with E-state index in [1.54, 1.807) is 6.07 Å². The van der Waals surface area contributed by atoms with Crippen molar-refractivity contribution < 1.29 is 37.3 Å². The van der Waals surface area contributed by atoms with E-state index in [9.17, 15) is 23.1 Å². The summed E-state index contributed by atoms with van der Waals surface area (Å²) >= 11 is 6.19. The average molecular weight is 648 g/mol. The lowest BCUT2D eigenvalue weighted by molar-refractivity contribution is 0.0624. The van der Waals surface area contributed by atoms with Crippen molar-refractivity contribution in [1.82, 2.24) is 10.2 Å². The van der Waals surface area contributed by atoms with E-state index in [-0.39, 0.29) is 59.6 Å². The molecule has 0 aliphatic rings. The fourth-order valence-electron chi connectivity index (χ4n) is 4.32. The molecule has 0 aliphatic heterocycles. The number of sulfonamides is 1. The molecule has 3 aromatic carbocycles. The molecule has 0 aliphatic carbocycles. The number of benzene rings is 3. The molecule has 0 radical (unpaired) electrons. The first kappa shape index (κ1) is 34.6. The van der Waals surface area contributed by atoms with Gasteiger partial charge in [-0.2, -0.15) is 0 Å². The van der Waals surface area contributed by atoms with Gasteiger partial charge < -0.3 is 29.5 Å². The van der Waals surface area contributed by atoms with Crippen molar-refractivity contribution in [1.29, 1.82) is 0 Å². The number of anilines is 1. The molecule has 11 nitrogen and oxygen atoms in total. The Balaban J connectivity index is 1.73. The first-order valence-electron chi connectivity index (χ1n) is 13.9. The zero-order valence-corrected chi connectivity index (χ0v) is 26.8. The van der Waals surface area contributed by atoms with Crippen LogP contribution in [0.15, 0.2) is 59.5 Å². The third-order valence-corrected chi connectivity index (χ3v) is 8.31. The summed E-state index contributed by atoms with van der Waals surface area (Å²) in [6.07, 6.45) is 0.501. The molecule has 2 amide bonds. The number of aryl methyl sites for hydroxylation is 2. The molecule has 0 saturated heterocycles. The predicted octanol–water partition coefficient (Wildman–Crippen LogP) is 4.40. The Morgan fingerprint density at radius 1 is 0.932 bits per heavy atom. The molecule has 3 rings (SSSR count). The van der Waals surface area contributed by atoms with Gasteiger partial charge in [-0.3, -0.25) is 14.3 Å². The molecular weight excluding hydrogens is 610 g/mol. The van der Waals surface area contributed by atoms with Crippen LogP contribution in [0.4, 0.5) is 5.69 Å². The molecule has 0 bridgehead atoms. The smallest absolute Gasteiger partial charge is 0.262 e. The Morgan fingerprint density at radius 2 is 1.61 bits per heavy atom. The van der Waals surface area contributed by atoms with Gasteiger partial charge in [0.2, 0.25) is 0 Å². The van der Waals surface area contributed by atoms with E-state index in [4.69, 9.17) is 25.8 Å². The van der Waals surface area contributed by atoms with Gasteiger partial charge in [-0.25, -0.2) is 8.42 Å². The van der Waals surface area contributed by atoms with Crippen LogP contribution < -0.4 is 14.8 Å². The van der Waals surface area contributed by atoms with Gasteiger partial charge in [0.15, 0.2) is 0 Å². The maximum atomic E-state index is 13.5. The number of carbonyl (C=O) groups is 2. The van der Waals surface area contributed by atoms with Crippen LogP contribution in [0, 0.1) is 13.8 Å². The highest BCUT2D eigenvalue weighted by Gasteiger charge is 2.25. The van der Waals surface area contributed by atoms with Crippen LogP contribution in [0.3, 0.4) is 0 Å². The third-order valence-electron chi connectivity index (χ3n) is 6.58. The van der Waals surface area contributed by atoms with Gasteiger partial charge in [0.1, 0.15) is 16.4 Å². The molecule has 0 heterocycles. The van der Waals surface area contributed by atoms with Crippen molar-refractivity contribution in [2.45, 2.75) is 25.2 Å². The second-order valence-electron chi connectivity index (χ2n) is 9.96. The first-order chi connectivity index (χ1) is 21.0. The molecule has 3 N–H and O–H groups in total. The number of phenols is 1. The van der Waals surface area contributed by atoms with Gasteiger partial charge in [-0.15, -0.1) is 0 Å². The van der Waals surface area contributed by atoms with Crippen LogP contribution in [-0.4, -0.2) is 83.9 Å². The fourth-order valence-corrected chi connectivity index (χ4v) is 5.79. The number of methoxy groups -OCH3 is 2. The maximum absolute atomic E-state index is 13.5. The number of carbonyl (C=O) groups excluding carboxylic acids is 2. The van der Waals surface area contributed by atoms with Gasteiger partial charge >= 0.3 is 0 Å². The van der Waals surface area contributed by atoms with Gasteiger partial charge in [-0.1, -0.05) is 41.4 Å². The maximum Gasteiger partial charge on any atom is 0.262 e. The molecule has 3 aromatic rings. The molecule has 238 valence electrons. The Bertz CT molecular complexity index is 1560. The third kappa shape index (κ3) is 9.33. The molecule has 44 heavy (non-hydrogen) atoms. The van der Waals surface area contributed by atoms with Crippen LogP contribution >= 0.6 is 11.6 Å². The molecule has 13 heteroatoms. The van der Waals surface area contributed by atoms with E-state index in [0.29, 0.717) is 13.0 Å². The van der Waals surface area contributed by atoms with E-state index >= 15 is 0 Å². The quantitative estimate of drug-likeness (QED) is 0.153. The Hall–Kier alpha value is -3.84. The summed E-state index contributed by atoms with van der Waals surface area (Å²) < 4.78 is 45.2. The highest BCUT2D eigenvalue weighted by atomic mass is 35.5. The zero-order valence-electron chi connectivity index (χ0n) is 25.2. The number of hydrogen-bond acceptors (Lipinski definition) is 8. The van der Waals surface area contributed by atoms with Gasteiger partial charge in [0.25, 0.3) is 21.8 Å². The van der Waals surface area contributed by atoms with Crippen LogP contribution in [0.25, 0.3) is 0 Å². The second kappa shape index (κ2) is 16.3. The lowest BCUT2D eigenvalue weighted by atomic mass is 10.1. The number of phenolic OH excluding ortho intramolecular Hbond substituents is 1. The summed E-state index contributed by atoms with van der Waals surface area (Å²) in [6.45, 7) is 5.44. The number of nitrogens with one attached hydrogen (secondary N) is 2. The summed E-state index contributed by atoms with van der Waals surface area (Å²) in [5.41, 5.74) is 1.79. The summed E-state index contributed by atoms with van der Waals surface area (Å²) in [4.78, 5) is 27.4. The van der Waals surface area contributed by atoms with E-state index in [0.717, 1.165) is 16.9 Å². The number of nitrogens with zero attached hydrogens (tertiary/aromatic N) is 1. The molecule has 0 fully saturated rings. The number of hydrogen-bond donors (Lipinski definition) is 3. The summed E-state index contributed by atoms with van der Waals surface area (Å²) in [5.74, 6) is -0.910. The standard InChI is InChI=1S/C31H38ClN3O8S/c1-21-10-11-27(22(2)18-21)43-15-7-12-33-30(37)24-8-5-6-9-28(24)44(39,40)34-23-19-25(29(36)26(32)20-23)31(38)35(13-16-41-3)14-17-42-4/h5-6,8-11,18-20,34,36H,7,12-17H2,1-4H3,(H,33,37). The monoisotopic (exact) mass is 647 g/mol. The first-order valence-corrected chi connectivity index (χ1v) is 15.7. The number of ether oxygens (including phenoxy) is 3. The minimum absolute atomic E-state index is 0.0678. The lowest BCUT2D eigenvalue weighted by Crippen LogP contribution is -2.36. The van der Waals surface area contributed by atoms with Crippen LogP contribution in [0.2, 0.25) is 5.02 Å². The van der Waals surface area contributed by atoms with Crippen LogP contribution in [-0.2, 0) is 19.5 Å². The molecule has 0 atom stereocenters. The fraction of sp³-hybridized carbons (Fsp3) is 0.355. The van der Waals surface area contributed by atoms with Gasteiger partial charge in [0.05, 0.1) is 41.7 Å². The summed E-state index contributed by atoms with van der Waals surface area (Å²) in [7, 11) is -1.35. The minimum Gasteiger partial charge on any atom is -0.506 e. The van der Waals surface area contributed by atoms with Crippen molar-refractivity contribution >= 4 is 39.1 Å². The summed E-state index contributed by atoms with van der Waals surface area (Å²) in [5, 5.41) is 13.1. The van der Waals surface area contributed by atoms with E-state index in [1.165, 1.54) is 49.5 Å². The van der Waals surface area contributed by atoms with Crippen molar-refractivity contribution in [2.75, 3.05) is 58.4 Å².